The fraction of sp³-hybridized carbons (Fsp3) is 0.333. The van der Waals surface area contributed by atoms with Gasteiger partial charge in [0.15, 0.2) is 5.54 Å². The van der Waals surface area contributed by atoms with Crippen molar-refractivity contribution in [3.05, 3.63) is 72.3 Å². The quantitative estimate of drug-likeness (QED) is 0.792. The highest BCUT2D eigenvalue weighted by Gasteiger charge is 2.55. The minimum Gasteiger partial charge on any atom is -0.351 e. The first kappa shape index (κ1) is 18.5. The van der Waals surface area contributed by atoms with E-state index in [1.165, 1.54) is 6.42 Å². The molecular weight excluding hydrogens is 348 g/mol. The molecule has 4 heteroatoms. The molecule has 0 aromatic heterocycles. The molecule has 1 atom stereocenters. The van der Waals surface area contributed by atoms with E-state index in [1.807, 2.05) is 72.8 Å². The van der Waals surface area contributed by atoms with Crippen LogP contribution in [-0.2, 0) is 9.59 Å². The zero-order chi connectivity index (χ0) is 19.4. The van der Waals surface area contributed by atoms with Gasteiger partial charge < -0.3 is 5.32 Å². The molecule has 2 aliphatic rings. The van der Waals surface area contributed by atoms with Gasteiger partial charge in [0.05, 0.1) is 6.42 Å². The summed E-state index contributed by atoms with van der Waals surface area (Å²) in [7, 11) is 0. The number of para-hydroxylation sites is 1. The van der Waals surface area contributed by atoms with E-state index in [-0.39, 0.29) is 24.3 Å². The number of nitrogens with one attached hydrogen (secondary N) is 1. The Hall–Kier alpha value is -2.88. The van der Waals surface area contributed by atoms with Crippen molar-refractivity contribution in [3.8, 4) is 0 Å². The van der Waals surface area contributed by atoms with Gasteiger partial charge in [-0.3, -0.25) is 14.5 Å². The third-order valence-corrected chi connectivity index (χ3v) is 5.77. The number of β-lactam (4-membered cyclic amide) rings is 1. The van der Waals surface area contributed by atoms with Gasteiger partial charge in [-0.15, -0.1) is 0 Å². The van der Waals surface area contributed by atoms with Gasteiger partial charge in [-0.25, -0.2) is 0 Å². The SMILES string of the molecule is O=C1C[C@@](/C=C/c2ccccc2)(C(=O)NC2CCCCC2)N1c1ccccc1. The summed E-state index contributed by atoms with van der Waals surface area (Å²) in [5.41, 5.74) is 0.807. The van der Waals surface area contributed by atoms with E-state index >= 15 is 0 Å². The second kappa shape index (κ2) is 8.01. The fourth-order valence-corrected chi connectivity index (χ4v) is 4.22. The number of carbonyl (C=O) groups excluding carboxylic acids is 2. The molecule has 1 aliphatic carbocycles. The Labute approximate surface area is 166 Å². The molecule has 2 fully saturated rings. The molecule has 1 saturated carbocycles. The Morgan fingerprint density at radius 3 is 2.25 bits per heavy atom. The van der Waals surface area contributed by atoms with Gasteiger partial charge in [-0.05, 0) is 36.6 Å². The van der Waals surface area contributed by atoms with Crippen molar-refractivity contribution in [1.29, 1.82) is 0 Å². The molecule has 28 heavy (non-hydrogen) atoms. The standard InChI is InChI=1S/C24H26N2O2/c27-22-18-24(17-16-19-10-4-1-5-11-19,26(22)21-14-8-3-9-15-21)23(28)25-20-12-6-2-7-13-20/h1,3-5,8-11,14-17,20H,2,6-7,12-13,18H2,(H,25,28)/b17-16+/t24-/m0/s1. The van der Waals surface area contributed by atoms with Crippen LogP contribution in [0.15, 0.2) is 66.7 Å². The summed E-state index contributed by atoms with van der Waals surface area (Å²) in [5.74, 6) is -0.0993. The summed E-state index contributed by atoms with van der Waals surface area (Å²) in [5, 5.41) is 3.23. The lowest BCUT2D eigenvalue weighted by molar-refractivity contribution is -0.137. The maximum atomic E-state index is 13.4. The smallest absolute Gasteiger partial charge is 0.251 e. The number of hydrogen-bond acceptors (Lipinski definition) is 2. The van der Waals surface area contributed by atoms with Crippen LogP contribution in [0.2, 0.25) is 0 Å². The van der Waals surface area contributed by atoms with Gasteiger partial charge >= 0.3 is 0 Å². The van der Waals surface area contributed by atoms with Crippen LogP contribution in [-0.4, -0.2) is 23.4 Å². The maximum absolute atomic E-state index is 13.4. The monoisotopic (exact) mass is 374 g/mol. The highest BCUT2D eigenvalue weighted by atomic mass is 16.2. The van der Waals surface area contributed by atoms with Crippen molar-refractivity contribution in [1.82, 2.24) is 5.32 Å². The van der Waals surface area contributed by atoms with E-state index in [9.17, 15) is 9.59 Å². The van der Waals surface area contributed by atoms with Gasteiger partial charge in [0.1, 0.15) is 0 Å². The summed E-state index contributed by atoms with van der Waals surface area (Å²) in [6.07, 6.45) is 9.62. The van der Waals surface area contributed by atoms with Crippen molar-refractivity contribution in [2.45, 2.75) is 50.1 Å². The molecule has 144 valence electrons. The Bertz CT molecular complexity index is 857. The molecule has 0 bridgehead atoms. The zero-order valence-corrected chi connectivity index (χ0v) is 16.0. The van der Waals surface area contributed by atoms with Crippen LogP contribution in [0.25, 0.3) is 6.08 Å². The molecule has 1 saturated heterocycles. The first-order valence-corrected chi connectivity index (χ1v) is 10.1. The average molecular weight is 374 g/mol. The second-order valence-corrected chi connectivity index (χ2v) is 7.72. The summed E-state index contributed by atoms with van der Waals surface area (Å²) >= 11 is 0. The van der Waals surface area contributed by atoms with Crippen LogP contribution in [0.1, 0.15) is 44.1 Å². The van der Waals surface area contributed by atoms with Gasteiger partial charge in [-0.2, -0.15) is 0 Å². The van der Waals surface area contributed by atoms with Crippen molar-refractivity contribution < 1.29 is 9.59 Å². The second-order valence-electron chi connectivity index (χ2n) is 7.72. The molecule has 2 aromatic rings. The maximum Gasteiger partial charge on any atom is 0.251 e. The highest BCUT2D eigenvalue weighted by Crippen LogP contribution is 2.39. The molecule has 4 nitrogen and oxygen atoms in total. The first-order valence-electron chi connectivity index (χ1n) is 10.1. The van der Waals surface area contributed by atoms with Gasteiger partial charge in [0.25, 0.3) is 5.91 Å². The van der Waals surface area contributed by atoms with Crippen molar-refractivity contribution in [2.75, 3.05) is 4.90 Å². The molecule has 4 rings (SSSR count). The largest absolute Gasteiger partial charge is 0.351 e. The number of rotatable bonds is 5. The number of carbonyl (C=O) groups is 2. The lowest BCUT2D eigenvalue weighted by Crippen LogP contribution is -2.70. The molecule has 0 radical (unpaired) electrons. The summed E-state index contributed by atoms with van der Waals surface area (Å²) in [4.78, 5) is 27.6. The lowest BCUT2D eigenvalue weighted by Gasteiger charge is -2.49. The van der Waals surface area contributed by atoms with Crippen LogP contribution in [0.3, 0.4) is 0 Å². The molecule has 2 aromatic carbocycles. The molecule has 2 amide bonds. The molecule has 0 unspecified atom stereocenters. The third kappa shape index (κ3) is 3.59. The Morgan fingerprint density at radius 2 is 1.61 bits per heavy atom. The van der Waals surface area contributed by atoms with Gasteiger partial charge in [0.2, 0.25) is 5.91 Å². The van der Waals surface area contributed by atoms with Crippen molar-refractivity contribution in [2.24, 2.45) is 0 Å². The summed E-state index contributed by atoms with van der Waals surface area (Å²) in [6, 6.07) is 19.6. The van der Waals surface area contributed by atoms with E-state index < -0.39 is 5.54 Å². The van der Waals surface area contributed by atoms with E-state index in [0.29, 0.717) is 0 Å². The van der Waals surface area contributed by atoms with Crippen molar-refractivity contribution >= 4 is 23.6 Å². The predicted octanol–water partition coefficient (Wildman–Crippen LogP) is 4.32. The number of hydrogen-bond donors (Lipinski definition) is 1. The van der Waals surface area contributed by atoms with Crippen LogP contribution < -0.4 is 10.2 Å². The number of nitrogens with zero attached hydrogens (tertiary/aromatic N) is 1. The van der Waals surface area contributed by atoms with E-state index in [2.05, 4.69) is 5.32 Å². The summed E-state index contributed by atoms with van der Waals surface area (Å²) < 4.78 is 0. The molecular formula is C24H26N2O2. The van der Waals surface area contributed by atoms with Crippen LogP contribution in [0, 0.1) is 0 Å². The molecule has 1 aliphatic heterocycles. The molecule has 1 N–H and O–H groups in total. The molecule has 1 heterocycles. The van der Waals surface area contributed by atoms with Gasteiger partial charge in [0, 0.05) is 11.7 Å². The number of benzene rings is 2. The number of amides is 2. The third-order valence-electron chi connectivity index (χ3n) is 5.77. The highest BCUT2D eigenvalue weighted by molar-refractivity contribution is 6.15. The van der Waals surface area contributed by atoms with Crippen LogP contribution >= 0.6 is 0 Å². The minimum absolute atomic E-state index is 0.0253. The zero-order valence-electron chi connectivity index (χ0n) is 16.0. The Kier molecular flexibility index (Phi) is 5.29. The Balaban J connectivity index is 1.65. The minimum atomic E-state index is -0.967. The van der Waals surface area contributed by atoms with Gasteiger partial charge in [-0.1, -0.05) is 73.9 Å². The average Bonchev–Trinajstić information content (AvgIpc) is 2.73. The normalized spacial score (nSPS) is 22.9. The first-order chi connectivity index (χ1) is 13.7. The summed E-state index contributed by atoms with van der Waals surface area (Å²) in [6.45, 7) is 0. The van der Waals surface area contributed by atoms with E-state index in [1.54, 1.807) is 4.90 Å². The topological polar surface area (TPSA) is 49.4 Å². The van der Waals surface area contributed by atoms with Crippen LogP contribution in [0.5, 0.6) is 0 Å². The van der Waals surface area contributed by atoms with E-state index in [0.717, 1.165) is 36.9 Å². The predicted molar refractivity (Wildman–Crippen MR) is 112 cm³/mol. The van der Waals surface area contributed by atoms with E-state index in [4.69, 9.17) is 0 Å². The fourth-order valence-electron chi connectivity index (χ4n) is 4.22. The molecule has 0 spiro atoms. The Morgan fingerprint density at radius 1 is 0.964 bits per heavy atom. The van der Waals surface area contributed by atoms with Crippen molar-refractivity contribution in [3.63, 3.8) is 0 Å². The number of anilines is 1. The van der Waals surface area contributed by atoms with Crippen LogP contribution in [0.4, 0.5) is 5.69 Å². The lowest BCUT2D eigenvalue weighted by atomic mass is 9.80.